The number of anilines is 1. The van der Waals surface area contributed by atoms with Crippen molar-refractivity contribution in [3.05, 3.63) is 50.9 Å². The van der Waals surface area contributed by atoms with Gasteiger partial charge in [0.1, 0.15) is 28.1 Å². The lowest BCUT2D eigenvalue weighted by molar-refractivity contribution is 0.102. The summed E-state index contributed by atoms with van der Waals surface area (Å²) in [5.41, 5.74) is 1.54. The van der Waals surface area contributed by atoms with Crippen molar-refractivity contribution in [2.24, 2.45) is 0 Å². The second-order valence-electron chi connectivity index (χ2n) is 5.04. The van der Waals surface area contributed by atoms with Crippen molar-refractivity contribution in [1.82, 2.24) is 15.2 Å². The van der Waals surface area contributed by atoms with E-state index >= 15 is 0 Å². The first kappa shape index (κ1) is 16.5. The molecule has 0 fully saturated rings. The van der Waals surface area contributed by atoms with Gasteiger partial charge in [-0.2, -0.15) is 0 Å². The lowest BCUT2D eigenvalue weighted by Gasteiger charge is -2.03. The number of rotatable bonds is 6. The molecule has 0 radical (unpaired) electrons. The van der Waals surface area contributed by atoms with Crippen LogP contribution in [0.1, 0.15) is 33.0 Å². The lowest BCUT2D eigenvalue weighted by Crippen LogP contribution is -2.12. The average Bonchev–Trinajstić information content (AvgIpc) is 3.23. The fourth-order valence-electron chi connectivity index (χ4n) is 1.87. The Kier molecular flexibility index (Phi) is 5.17. The quantitative estimate of drug-likeness (QED) is 0.725. The maximum absolute atomic E-state index is 12.2. The summed E-state index contributed by atoms with van der Waals surface area (Å²) < 4.78 is 5.67. The number of amides is 1. The molecule has 0 saturated carbocycles. The Morgan fingerprint density at radius 2 is 2.00 bits per heavy atom. The number of benzene rings is 1. The van der Waals surface area contributed by atoms with E-state index < -0.39 is 0 Å². The molecule has 1 amide bonds. The maximum atomic E-state index is 12.2. The van der Waals surface area contributed by atoms with Crippen LogP contribution >= 0.6 is 22.7 Å². The molecule has 124 valence electrons. The van der Waals surface area contributed by atoms with Crippen molar-refractivity contribution in [2.75, 3.05) is 5.32 Å². The number of ether oxygens (including phenoxy) is 1. The number of carbonyl (C=O) groups excluding carboxylic acids is 1. The van der Waals surface area contributed by atoms with E-state index in [1.165, 1.54) is 28.2 Å². The fourth-order valence-corrected chi connectivity index (χ4v) is 3.23. The van der Waals surface area contributed by atoms with Gasteiger partial charge in [-0.1, -0.05) is 36.0 Å². The minimum Gasteiger partial charge on any atom is -0.486 e. The molecule has 0 aliphatic carbocycles. The highest BCUT2D eigenvalue weighted by Crippen LogP contribution is 2.19. The Morgan fingerprint density at radius 1 is 1.21 bits per heavy atom. The number of nitrogens with one attached hydrogen (secondary N) is 1. The van der Waals surface area contributed by atoms with Crippen LogP contribution in [-0.4, -0.2) is 21.1 Å². The number of nitrogens with zero attached hydrogens (tertiary/aromatic N) is 3. The third-order valence-electron chi connectivity index (χ3n) is 3.16. The van der Waals surface area contributed by atoms with Gasteiger partial charge in [-0.05, 0) is 25.5 Å². The van der Waals surface area contributed by atoms with Crippen LogP contribution in [0.3, 0.4) is 0 Å². The standard InChI is InChI=1S/C16H16N4O2S2/c1-3-13-19-20-16(24-13)18-15(21)12-9-23-14(17-12)8-22-11-6-4-10(2)5-7-11/h4-7,9H,3,8H2,1-2H3,(H,18,20,21). The van der Waals surface area contributed by atoms with Crippen LogP contribution in [0.5, 0.6) is 5.75 Å². The molecule has 0 bridgehead atoms. The zero-order valence-corrected chi connectivity index (χ0v) is 14.9. The first-order valence-corrected chi connectivity index (χ1v) is 9.11. The van der Waals surface area contributed by atoms with Crippen molar-refractivity contribution < 1.29 is 9.53 Å². The first-order valence-electron chi connectivity index (χ1n) is 7.41. The topological polar surface area (TPSA) is 77.0 Å². The van der Waals surface area contributed by atoms with E-state index in [1.807, 2.05) is 38.1 Å². The molecule has 3 aromatic rings. The zero-order valence-electron chi connectivity index (χ0n) is 13.3. The van der Waals surface area contributed by atoms with Crippen LogP contribution in [0.2, 0.25) is 0 Å². The van der Waals surface area contributed by atoms with Gasteiger partial charge in [-0.15, -0.1) is 21.5 Å². The highest BCUT2D eigenvalue weighted by Gasteiger charge is 2.13. The van der Waals surface area contributed by atoms with E-state index in [-0.39, 0.29) is 5.91 Å². The van der Waals surface area contributed by atoms with Crippen LogP contribution in [-0.2, 0) is 13.0 Å². The summed E-state index contributed by atoms with van der Waals surface area (Å²) in [6.45, 7) is 4.35. The fraction of sp³-hybridized carbons (Fsp3) is 0.250. The number of aromatic nitrogens is 3. The summed E-state index contributed by atoms with van der Waals surface area (Å²) in [5.74, 6) is 0.495. The Labute approximate surface area is 147 Å². The van der Waals surface area contributed by atoms with Gasteiger partial charge in [-0.25, -0.2) is 4.98 Å². The number of hydrogen-bond donors (Lipinski definition) is 1. The van der Waals surface area contributed by atoms with Crippen molar-refractivity contribution >= 4 is 33.7 Å². The monoisotopic (exact) mass is 360 g/mol. The summed E-state index contributed by atoms with van der Waals surface area (Å²) in [5, 5.41) is 14.4. The number of thiazole rings is 1. The third kappa shape index (κ3) is 4.15. The van der Waals surface area contributed by atoms with Gasteiger partial charge in [0.25, 0.3) is 5.91 Å². The Hall–Kier alpha value is -2.32. The van der Waals surface area contributed by atoms with Gasteiger partial charge < -0.3 is 4.74 Å². The van der Waals surface area contributed by atoms with Crippen molar-refractivity contribution in [2.45, 2.75) is 26.9 Å². The number of hydrogen-bond acceptors (Lipinski definition) is 7. The molecular weight excluding hydrogens is 344 g/mol. The van der Waals surface area contributed by atoms with Crippen LogP contribution in [0.15, 0.2) is 29.6 Å². The van der Waals surface area contributed by atoms with Gasteiger partial charge in [-0.3, -0.25) is 10.1 Å². The van der Waals surface area contributed by atoms with Crippen molar-refractivity contribution in [3.63, 3.8) is 0 Å². The second kappa shape index (κ2) is 7.50. The molecule has 0 aliphatic rings. The highest BCUT2D eigenvalue weighted by molar-refractivity contribution is 7.15. The average molecular weight is 360 g/mol. The molecule has 24 heavy (non-hydrogen) atoms. The van der Waals surface area contributed by atoms with E-state index in [0.29, 0.717) is 17.4 Å². The molecule has 2 heterocycles. The van der Waals surface area contributed by atoms with E-state index in [1.54, 1.807) is 5.38 Å². The van der Waals surface area contributed by atoms with E-state index in [9.17, 15) is 4.79 Å². The largest absolute Gasteiger partial charge is 0.486 e. The predicted octanol–water partition coefficient (Wildman–Crippen LogP) is 3.70. The Morgan fingerprint density at radius 3 is 2.71 bits per heavy atom. The molecule has 0 spiro atoms. The van der Waals surface area contributed by atoms with Gasteiger partial charge in [0.05, 0.1) is 0 Å². The minimum atomic E-state index is -0.286. The summed E-state index contributed by atoms with van der Waals surface area (Å²) in [6.07, 6.45) is 0.796. The van der Waals surface area contributed by atoms with E-state index in [0.717, 1.165) is 22.2 Å². The van der Waals surface area contributed by atoms with Crippen LogP contribution in [0.4, 0.5) is 5.13 Å². The van der Waals surface area contributed by atoms with E-state index in [2.05, 4.69) is 20.5 Å². The summed E-state index contributed by atoms with van der Waals surface area (Å²) in [7, 11) is 0. The van der Waals surface area contributed by atoms with E-state index in [4.69, 9.17) is 4.74 Å². The molecule has 8 heteroatoms. The molecule has 6 nitrogen and oxygen atoms in total. The molecular formula is C16H16N4O2S2. The smallest absolute Gasteiger partial charge is 0.276 e. The Bertz CT molecular complexity index is 827. The predicted molar refractivity (Wildman–Crippen MR) is 94.9 cm³/mol. The van der Waals surface area contributed by atoms with Crippen LogP contribution < -0.4 is 10.1 Å². The van der Waals surface area contributed by atoms with Crippen LogP contribution in [0.25, 0.3) is 0 Å². The highest BCUT2D eigenvalue weighted by atomic mass is 32.1. The molecule has 1 aromatic carbocycles. The summed E-state index contributed by atoms with van der Waals surface area (Å²) in [4.78, 5) is 16.5. The molecule has 0 unspecified atom stereocenters. The lowest BCUT2D eigenvalue weighted by atomic mass is 10.2. The third-order valence-corrected chi connectivity index (χ3v) is 4.96. The summed E-state index contributed by atoms with van der Waals surface area (Å²) in [6, 6.07) is 7.81. The molecule has 0 aliphatic heterocycles. The molecule has 3 rings (SSSR count). The van der Waals surface area contributed by atoms with Crippen molar-refractivity contribution in [3.8, 4) is 5.75 Å². The normalized spacial score (nSPS) is 10.6. The molecule has 0 saturated heterocycles. The SMILES string of the molecule is CCc1nnc(NC(=O)c2csc(COc3ccc(C)cc3)n2)s1. The van der Waals surface area contributed by atoms with Gasteiger partial charge in [0, 0.05) is 5.38 Å². The number of aryl methyl sites for hydroxylation is 2. The van der Waals surface area contributed by atoms with Crippen molar-refractivity contribution in [1.29, 1.82) is 0 Å². The summed E-state index contributed by atoms with van der Waals surface area (Å²) >= 11 is 2.76. The molecule has 1 N–H and O–H groups in total. The van der Waals surface area contributed by atoms with Crippen LogP contribution in [0, 0.1) is 6.92 Å². The van der Waals surface area contributed by atoms with Gasteiger partial charge >= 0.3 is 0 Å². The minimum absolute atomic E-state index is 0.286. The van der Waals surface area contributed by atoms with Gasteiger partial charge in [0.15, 0.2) is 0 Å². The molecule has 0 atom stereocenters. The zero-order chi connectivity index (χ0) is 16.9. The molecule has 2 aromatic heterocycles. The first-order chi connectivity index (χ1) is 11.6. The second-order valence-corrected chi connectivity index (χ2v) is 7.04. The maximum Gasteiger partial charge on any atom is 0.276 e. The number of carbonyl (C=O) groups is 1. The Balaban J connectivity index is 1.58. The van der Waals surface area contributed by atoms with Gasteiger partial charge in [0.2, 0.25) is 5.13 Å².